The smallest absolute Gasteiger partial charge is 0.271 e. The van der Waals surface area contributed by atoms with Gasteiger partial charge in [0.15, 0.2) is 5.43 Å². The van der Waals surface area contributed by atoms with Gasteiger partial charge in [-0.2, -0.15) is 0 Å². The molecule has 0 fully saturated rings. The summed E-state index contributed by atoms with van der Waals surface area (Å²) in [4.78, 5) is 29.5. The first-order valence-electron chi connectivity index (χ1n) is 6.65. The number of carbonyl (C=O) groups is 1. The molecule has 0 bridgehead atoms. The predicted octanol–water partition coefficient (Wildman–Crippen LogP) is 2.28. The number of unbranched alkanes of at least 4 members (excludes halogenated alkanes) is 1. The maximum atomic E-state index is 12.4. The second-order valence-electron chi connectivity index (χ2n) is 4.93. The first-order chi connectivity index (χ1) is 9.22. The number of nitrogens with one attached hydrogen (secondary N) is 1. The van der Waals surface area contributed by atoms with Gasteiger partial charge in [0.2, 0.25) is 0 Å². The van der Waals surface area contributed by atoms with Gasteiger partial charge in [-0.1, -0.05) is 25.5 Å². The molecular weight excluding hydrogens is 240 g/mol. The van der Waals surface area contributed by atoms with E-state index in [1.165, 1.54) is 0 Å². The van der Waals surface area contributed by atoms with Crippen molar-refractivity contribution in [2.75, 3.05) is 6.54 Å². The minimum atomic E-state index is -0.0497. The summed E-state index contributed by atoms with van der Waals surface area (Å²) in [7, 11) is 0. The van der Waals surface area contributed by atoms with Gasteiger partial charge in [0.05, 0.1) is 6.54 Å². The molecule has 0 atom stereocenters. The van der Waals surface area contributed by atoms with E-state index in [1.807, 2.05) is 18.2 Å². The minimum Gasteiger partial charge on any atom is -0.350 e. The van der Waals surface area contributed by atoms with Crippen molar-refractivity contribution in [3.05, 3.63) is 45.7 Å². The van der Waals surface area contributed by atoms with Crippen LogP contribution in [0.4, 0.5) is 0 Å². The van der Waals surface area contributed by atoms with E-state index in [2.05, 4.69) is 11.9 Å². The van der Waals surface area contributed by atoms with E-state index in [0.717, 1.165) is 18.4 Å². The number of benzene rings is 1. The molecular formula is C15H16N2O2. The molecule has 0 spiro atoms. The lowest BCUT2D eigenvalue weighted by Gasteiger charge is -2.13. The van der Waals surface area contributed by atoms with Crippen LogP contribution in [-0.4, -0.2) is 22.3 Å². The molecule has 0 unspecified atom stereocenters. The molecule has 3 rings (SSSR count). The summed E-state index contributed by atoms with van der Waals surface area (Å²) in [6.45, 7) is 3.25. The lowest BCUT2D eigenvalue weighted by atomic mass is 10.1. The zero-order chi connectivity index (χ0) is 13.4. The van der Waals surface area contributed by atoms with E-state index >= 15 is 0 Å². The van der Waals surface area contributed by atoms with Crippen molar-refractivity contribution >= 4 is 16.8 Å². The number of H-pyrrole nitrogens is 1. The first-order valence-corrected chi connectivity index (χ1v) is 6.65. The van der Waals surface area contributed by atoms with Gasteiger partial charge in [0.1, 0.15) is 5.69 Å². The van der Waals surface area contributed by atoms with E-state index in [0.29, 0.717) is 29.7 Å². The van der Waals surface area contributed by atoms with Crippen molar-refractivity contribution in [2.24, 2.45) is 0 Å². The Labute approximate surface area is 111 Å². The van der Waals surface area contributed by atoms with Gasteiger partial charge in [-0.25, -0.2) is 0 Å². The third-order valence-electron chi connectivity index (χ3n) is 3.64. The summed E-state index contributed by atoms with van der Waals surface area (Å²) in [6, 6.07) is 7.33. The number of hydrogen-bond donors (Lipinski definition) is 1. The monoisotopic (exact) mass is 256 g/mol. The molecule has 0 saturated carbocycles. The first kappa shape index (κ1) is 12.0. The average Bonchev–Trinajstić information content (AvgIpc) is 2.75. The van der Waals surface area contributed by atoms with Gasteiger partial charge in [0, 0.05) is 23.0 Å². The molecule has 0 radical (unpaired) electrons. The van der Waals surface area contributed by atoms with E-state index in [4.69, 9.17) is 0 Å². The van der Waals surface area contributed by atoms with Crippen LogP contribution in [0.3, 0.4) is 0 Å². The molecule has 2 heterocycles. The van der Waals surface area contributed by atoms with Crippen molar-refractivity contribution in [2.45, 2.75) is 26.3 Å². The molecule has 1 aliphatic heterocycles. The zero-order valence-electron chi connectivity index (χ0n) is 10.9. The lowest BCUT2D eigenvalue weighted by Crippen LogP contribution is -2.25. The Hall–Kier alpha value is -2.10. The number of hydrogen-bond acceptors (Lipinski definition) is 2. The Morgan fingerprint density at radius 2 is 2.05 bits per heavy atom. The van der Waals surface area contributed by atoms with Crippen LogP contribution in [0.5, 0.6) is 0 Å². The second kappa shape index (κ2) is 4.53. The van der Waals surface area contributed by atoms with E-state index in [-0.39, 0.29) is 11.3 Å². The molecule has 0 aliphatic carbocycles. The van der Waals surface area contributed by atoms with E-state index in [9.17, 15) is 9.59 Å². The fraction of sp³-hybridized carbons (Fsp3) is 0.333. The highest BCUT2D eigenvalue weighted by Gasteiger charge is 2.30. The summed E-state index contributed by atoms with van der Waals surface area (Å²) >= 11 is 0. The van der Waals surface area contributed by atoms with Gasteiger partial charge >= 0.3 is 0 Å². The van der Waals surface area contributed by atoms with Crippen molar-refractivity contribution in [3.8, 4) is 0 Å². The number of aromatic nitrogens is 1. The normalized spacial score (nSPS) is 14.2. The molecule has 1 N–H and O–H groups in total. The highest BCUT2D eigenvalue weighted by molar-refractivity contribution is 5.99. The number of rotatable bonds is 3. The van der Waals surface area contributed by atoms with Crippen LogP contribution in [0.2, 0.25) is 0 Å². The van der Waals surface area contributed by atoms with Crippen LogP contribution < -0.4 is 5.43 Å². The van der Waals surface area contributed by atoms with E-state index in [1.54, 1.807) is 11.0 Å². The maximum Gasteiger partial charge on any atom is 0.271 e. The van der Waals surface area contributed by atoms with Gasteiger partial charge < -0.3 is 9.88 Å². The largest absolute Gasteiger partial charge is 0.350 e. The Morgan fingerprint density at radius 1 is 1.26 bits per heavy atom. The van der Waals surface area contributed by atoms with Crippen LogP contribution >= 0.6 is 0 Å². The second-order valence-corrected chi connectivity index (χ2v) is 4.93. The van der Waals surface area contributed by atoms with Crippen molar-refractivity contribution in [1.29, 1.82) is 0 Å². The molecule has 1 aromatic heterocycles. The Balaban J connectivity index is 2.10. The third-order valence-corrected chi connectivity index (χ3v) is 3.64. The summed E-state index contributed by atoms with van der Waals surface area (Å²) in [5.41, 5.74) is 1.80. The molecule has 4 heteroatoms. The Morgan fingerprint density at radius 3 is 2.84 bits per heavy atom. The number of amides is 1. The summed E-state index contributed by atoms with van der Waals surface area (Å²) in [5.74, 6) is -0.0497. The molecule has 1 amide bonds. The molecule has 1 aromatic carbocycles. The number of pyridine rings is 1. The third kappa shape index (κ3) is 1.84. The van der Waals surface area contributed by atoms with Crippen LogP contribution in [0.1, 0.15) is 35.8 Å². The van der Waals surface area contributed by atoms with Crippen molar-refractivity contribution < 1.29 is 4.79 Å². The average molecular weight is 256 g/mol. The van der Waals surface area contributed by atoms with Gasteiger partial charge in [-0.05, 0) is 18.6 Å². The standard InChI is InChI=1S/C15H16N2O2/c1-2-3-8-17-9-11-13(15(17)19)16-12-7-5-4-6-10(12)14(11)18/h4-7H,2-3,8-9H2,1H3,(H,16,18). The topological polar surface area (TPSA) is 53.2 Å². The van der Waals surface area contributed by atoms with Crippen LogP contribution in [-0.2, 0) is 6.54 Å². The molecule has 2 aromatic rings. The molecule has 1 aliphatic rings. The van der Waals surface area contributed by atoms with Crippen LogP contribution in [0.15, 0.2) is 29.1 Å². The highest BCUT2D eigenvalue weighted by atomic mass is 16.2. The number of para-hydroxylation sites is 1. The Bertz CT molecular complexity index is 703. The quantitative estimate of drug-likeness (QED) is 0.916. The van der Waals surface area contributed by atoms with Gasteiger partial charge in [0.25, 0.3) is 5.91 Å². The van der Waals surface area contributed by atoms with Gasteiger partial charge in [-0.3, -0.25) is 9.59 Å². The molecule has 98 valence electrons. The molecule has 19 heavy (non-hydrogen) atoms. The molecule has 4 nitrogen and oxygen atoms in total. The van der Waals surface area contributed by atoms with Crippen LogP contribution in [0.25, 0.3) is 10.9 Å². The molecule has 0 saturated heterocycles. The number of aromatic amines is 1. The fourth-order valence-corrected chi connectivity index (χ4v) is 2.56. The van der Waals surface area contributed by atoms with Crippen LogP contribution in [0, 0.1) is 0 Å². The number of nitrogens with zero attached hydrogens (tertiary/aromatic N) is 1. The Kier molecular flexibility index (Phi) is 2.85. The van der Waals surface area contributed by atoms with Crippen molar-refractivity contribution in [1.82, 2.24) is 9.88 Å². The lowest BCUT2D eigenvalue weighted by molar-refractivity contribution is 0.0772. The SMILES string of the molecule is CCCCN1Cc2c([nH]c3ccccc3c2=O)C1=O. The number of fused-ring (bicyclic) bond motifs is 2. The fourth-order valence-electron chi connectivity index (χ4n) is 2.56. The number of carbonyl (C=O) groups excluding carboxylic acids is 1. The summed E-state index contributed by atoms with van der Waals surface area (Å²) in [5, 5.41) is 0.659. The maximum absolute atomic E-state index is 12.4. The zero-order valence-corrected chi connectivity index (χ0v) is 10.9. The predicted molar refractivity (Wildman–Crippen MR) is 74.2 cm³/mol. The van der Waals surface area contributed by atoms with Crippen molar-refractivity contribution in [3.63, 3.8) is 0 Å². The summed E-state index contributed by atoms with van der Waals surface area (Å²) < 4.78 is 0. The summed E-state index contributed by atoms with van der Waals surface area (Å²) in [6.07, 6.45) is 2.00. The van der Waals surface area contributed by atoms with Gasteiger partial charge in [-0.15, -0.1) is 0 Å². The highest BCUT2D eigenvalue weighted by Crippen LogP contribution is 2.21. The van der Waals surface area contributed by atoms with E-state index < -0.39 is 0 Å². The minimum absolute atomic E-state index is 0.0169.